The van der Waals surface area contributed by atoms with Crippen molar-refractivity contribution < 1.29 is 9.72 Å². The van der Waals surface area contributed by atoms with Gasteiger partial charge >= 0.3 is 0 Å². The number of hydrogen-bond donors (Lipinski definition) is 2. The van der Waals surface area contributed by atoms with Crippen molar-refractivity contribution in [3.8, 4) is 0 Å². The Hall–Kier alpha value is -2.73. The van der Waals surface area contributed by atoms with Crippen molar-refractivity contribution >= 4 is 11.6 Å². The number of nitro benzene ring substituents is 1. The molecule has 0 heterocycles. The van der Waals surface area contributed by atoms with Gasteiger partial charge in [0.05, 0.1) is 4.92 Å². The third-order valence-electron chi connectivity index (χ3n) is 3.78. The summed E-state index contributed by atoms with van der Waals surface area (Å²) >= 11 is 0. The maximum atomic E-state index is 12.0. The predicted molar refractivity (Wildman–Crippen MR) is 92.4 cm³/mol. The van der Waals surface area contributed by atoms with Gasteiger partial charge in [0, 0.05) is 18.7 Å². The van der Waals surface area contributed by atoms with Gasteiger partial charge in [0.1, 0.15) is 6.04 Å². The minimum atomic E-state index is -0.652. The number of unbranched alkanes of at least 4 members (excludes halogenated alkanes) is 1. The summed E-state index contributed by atoms with van der Waals surface area (Å²) < 4.78 is 0. The molecule has 6 nitrogen and oxygen atoms in total. The van der Waals surface area contributed by atoms with E-state index in [1.165, 1.54) is 12.1 Å². The first-order valence-corrected chi connectivity index (χ1v) is 7.89. The van der Waals surface area contributed by atoms with Crippen molar-refractivity contribution in [2.45, 2.75) is 25.3 Å². The van der Waals surface area contributed by atoms with Gasteiger partial charge in [0.2, 0.25) is 5.91 Å². The lowest BCUT2D eigenvalue weighted by atomic mass is 10.1. The van der Waals surface area contributed by atoms with E-state index in [0.717, 1.165) is 30.4 Å². The first-order chi connectivity index (χ1) is 11.6. The maximum absolute atomic E-state index is 12.0. The van der Waals surface area contributed by atoms with Crippen LogP contribution in [0, 0.1) is 10.1 Å². The van der Waals surface area contributed by atoms with Gasteiger partial charge in [-0.2, -0.15) is 0 Å². The molecule has 0 spiro atoms. The zero-order valence-corrected chi connectivity index (χ0v) is 13.4. The SMILES string of the molecule is NC(C(=O)NCCCCc1ccc([N+](=O)[O-])cc1)c1ccccc1. The van der Waals surface area contributed by atoms with Crippen LogP contribution >= 0.6 is 0 Å². The van der Waals surface area contributed by atoms with Gasteiger partial charge in [-0.15, -0.1) is 0 Å². The standard InChI is InChI=1S/C18H21N3O3/c19-17(15-7-2-1-3-8-15)18(22)20-13-5-4-6-14-9-11-16(12-10-14)21(23)24/h1-3,7-12,17H,4-6,13,19H2,(H,20,22). The fourth-order valence-corrected chi connectivity index (χ4v) is 2.37. The van der Waals surface area contributed by atoms with Crippen LogP contribution in [-0.4, -0.2) is 17.4 Å². The average Bonchev–Trinajstić information content (AvgIpc) is 2.61. The molecule has 0 fully saturated rings. The Morgan fingerprint density at radius 3 is 2.38 bits per heavy atom. The third-order valence-corrected chi connectivity index (χ3v) is 3.78. The third kappa shape index (κ3) is 5.17. The summed E-state index contributed by atoms with van der Waals surface area (Å²) in [6.45, 7) is 0.562. The number of non-ortho nitro benzene ring substituents is 1. The number of rotatable bonds is 8. The van der Waals surface area contributed by atoms with E-state index in [-0.39, 0.29) is 11.6 Å². The number of amides is 1. The van der Waals surface area contributed by atoms with Crippen LogP contribution in [0.1, 0.15) is 30.0 Å². The van der Waals surface area contributed by atoms with Crippen LogP contribution in [0.15, 0.2) is 54.6 Å². The second-order valence-corrected chi connectivity index (χ2v) is 5.56. The molecule has 0 aliphatic rings. The summed E-state index contributed by atoms with van der Waals surface area (Å²) in [7, 11) is 0. The van der Waals surface area contributed by atoms with Crippen LogP contribution in [-0.2, 0) is 11.2 Å². The number of aryl methyl sites for hydroxylation is 1. The molecule has 1 unspecified atom stereocenters. The number of nitrogens with zero attached hydrogens (tertiary/aromatic N) is 1. The smallest absolute Gasteiger partial charge is 0.269 e. The van der Waals surface area contributed by atoms with E-state index in [4.69, 9.17) is 5.73 Å². The van der Waals surface area contributed by atoms with Crippen LogP contribution in [0.3, 0.4) is 0 Å². The zero-order valence-electron chi connectivity index (χ0n) is 13.4. The van der Waals surface area contributed by atoms with Crippen LogP contribution in [0.25, 0.3) is 0 Å². The molecular weight excluding hydrogens is 306 g/mol. The molecular formula is C18H21N3O3. The fourth-order valence-electron chi connectivity index (χ4n) is 2.37. The molecule has 0 bridgehead atoms. The lowest BCUT2D eigenvalue weighted by Crippen LogP contribution is -2.34. The Balaban J connectivity index is 1.67. The predicted octanol–water partition coefficient (Wildman–Crippen LogP) is 2.73. The number of carbonyl (C=O) groups is 1. The molecule has 1 amide bonds. The molecule has 2 rings (SSSR count). The van der Waals surface area contributed by atoms with Crippen LogP contribution in [0.2, 0.25) is 0 Å². The highest BCUT2D eigenvalue weighted by Gasteiger charge is 2.14. The van der Waals surface area contributed by atoms with Crippen molar-refractivity contribution in [3.63, 3.8) is 0 Å². The van der Waals surface area contributed by atoms with Gasteiger partial charge in [-0.3, -0.25) is 14.9 Å². The quantitative estimate of drug-likeness (QED) is 0.442. The van der Waals surface area contributed by atoms with Gasteiger partial charge < -0.3 is 11.1 Å². The number of hydrogen-bond acceptors (Lipinski definition) is 4. The molecule has 0 aliphatic carbocycles. The second kappa shape index (κ2) is 8.79. The van der Waals surface area contributed by atoms with E-state index < -0.39 is 11.0 Å². The van der Waals surface area contributed by atoms with Crippen molar-refractivity contribution in [1.82, 2.24) is 5.32 Å². The van der Waals surface area contributed by atoms with Gasteiger partial charge in [-0.25, -0.2) is 0 Å². The van der Waals surface area contributed by atoms with Crippen LogP contribution in [0.4, 0.5) is 5.69 Å². The Morgan fingerprint density at radius 1 is 1.08 bits per heavy atom. The van der Waals surface area contributed by atoms with Crippen molar-refractivity contribution in [1.29, 1.82) is 0 Å². The topological polar surface area (TPSA) is 98.3 Å². The number of nitro groups is 1. The minimum absolute atomic E-state index is 0.0981. The molecule has 24 heavy (non-hydrogen) atoms. The van der Waals surface area contributed by atoms with E-state index in [9.17, 15) is 14.9 Å². The monoisotopic (exact) mass is 327 g/mol. The molecule has 0 saturated carbocycles. The molecule has 0 radical (unpaired) electrons. The van der Waals surface area contributed by atoms with Gasteiger partial charge in [0.25, 0.3) is 5.69 Å². The molecule has 0 saturated heterocycles. The largest absolute Gasteiger partial charge is 0.354 e. The van der Waals surface area contributed by atoms with E-state index >= 15 is 0 Å². The van der Waals surface area contributed by atoms with Crippen LogP contribution < -0.4 is 11.1 Å². The molecule has 2 aromatic rings. The summed E-state index contributed by atoms with van der Waals surface area (Å²) in [5, 5.41) is 13.4. The normalized spacial score (nSPS) is 11.7. The fraction of sp³-hybridized carbons (Fsp3) is 0.278. The van der Waals surface area contributed by atoms with Gasteiger partial charge in [0.15, 0.2) is 0 Å². The van der Waals surface area contributed by atoms with Gasteiger partial charge in [-0.05, 0) is 30.4 Å². The van der Waals surface area contributed by atoms with Crippen LogP contribution in [0.5, 0.6) is 0 Å². The Labute approximate surface area is 140 Å². The molecule has 126 valence electrons. The maximum Gasteiger partial charge on any atom is 0.269 e. The van der Waals surface area contributed by atoms with Gasteiger partial charge in [-0.1, -0.05) is 42.5 Å². The molecule has 1 atom stereocenters. The highest BCUT2D eigenvalue weighted by Crippen LogP contribution is 2.13. The molecule has 2 aromatic carbocycles. The van der Waals surface area contributed by atoms with E-state index in [2.05, 4.69) is 5.32 Å². The second-order valence-electron chi connectivity index (χ2n) is 5.56. The number of nitrogens with one attached hydrogen (secondary N) is 1. The minimum Gasteiger partial charge on any atom is -0.354 e. The molecule has 0 aromatic heterocycles. The Morgan fingerprint density at radius 2 is 1.75 bits per heavy atom. The van der Waals surface area contributed by atoms with Crippen molar-refractivity contribution in [2.24, 2.45) is 5.73 Å². The summed E-state index contributed by atoms with van der Waals surface area (Å²) in [5.74, 6) is -0.184. The Kier molecular flexibility index (Phi) is 6.45. The zero-order chi connectivity index (χ0) is 17.4. The molecule has 3 N–H and O–H groups in total. The van der Waals surface area contributed by atoms with E-state index in [0.29, 0.717) is 6.54 Å². The highest BCUT2D eigenvalue weighted by molar-refractivity contribution is 5.82. The molecule has 6 heteroatoms. The number of carbonyl (C=O) groups excluding carboxylic acids is 1. The van der Waals surface area contributed by atoms with Crippen molar-refractivity contribution in [2.75, 3.05) is 6.54 Å². The lowest BCUT2D eigenvalue weighted by Gasteiger charge is -2.12. The number of benzene rings is 2. The summed E-state index contributed by atoms with van der Waals surface area (Å²) in [6.07, 6.45) is 2.53. The summed E-state index contributed by atoms with van der Waals surface area (Å²) in [5.41, 5.74) is 7.86. The first kappa shape index (κ1) is 17.6. The Bertz CT molecular complexity index is 672. The summed E-state index contributed by atoms with van der Waals surface area (Å²) in [6, 6.07) is 15.2. The first-order valence-electron chi connectivity index (χ1n) is 7.89. The number of nitrogens with two attached hydrogens (primary N) is 1. The lowest BCUT2D eigenvalue weighted by molar-refractivity contribution is -0.384. The van der Waals surface area contributed by atoms with Crippen molar-refractivity contribution in [3.05, 3.63) is 75.8 Å². The highest BCUT2D eigenvalue weighted by atomic mass is 16.6. The summed E-state index contributed by atoms with van der Waals surface area (Å²) in [4.78, 5) is 22.2. The van der Waals surface area contributed by atoms with E-state index in [1.807, 2.05) is 30.3 Å². The van der Waals surface area contributed by atoms with E-state index in [1.54, 1.807) is 12.1 Å². The molecule has 0 aliphatic heterocycles. The average molecular weight is 327 g/mol.